The number of aromatic nitrogens is 3. The van der Waals surface area contributed by atoms with Crippen molar-refractivity contribution in [1.29, 1.82) is 0 Å². The molecule has 29 heavy (non-hydrogen) atoms. The molecule has 0 saturated carbocycles. The van der Waals surface area contributed by atoms with Gasteiger partial charge in [-0.2, -0.15) is 13.4 Å². The van der Waals surface area contributed by atoms with E-state index in [1.165, 1.54) is 12.1 Å². The SMILES string of the molecule is COc1ccc(-c2nc(NCc3ccco3)n(S(=O)(=O)c3ccccc3)n2)cc1. The van der Waals surface area contributed by atoms with E-state index >= 15 is 0 Å². The summed E-state index contributed by atoms with van der Waals surface area (Å²) in [5.74, 6) is 1.69. The molecule has 8 nitrogen and oxygen atoms in total. The molecule has 0 amide bonds. The van der Waals surface area contributed by atoms with Gasteiger partial charge in [-0.05, 0) is 48.5 Å². The molecule has 4 aromatic rings. The minimum atomic E-state index is -3.94. The van der Waals surface area contributed by atoms with Gasteiger partial charge in [0.1, 0.15) is 11.5 Å². The average molecular weight is 410 g/mol. The molecule has 0 aliphatic rings. The van der Waals surface area contributed by atoms with Crippen LogP contribution in [0.5, 0.6) is 5.75 Å². The standard InChI is InChI=1S/C20H18N4O4S/c1-27-16-11-9-15(10-12-16)19-22-20(21-14-17-6-5-13-28-17)24(23-19)29(25,26)18-7-3-2-4-8-18/h2-13H,14H2,1H3,(H,21,22,23). The highest BCUT2D eigenvalue weighted by Gasteiger charge is 2.24. The van der Waals surface area contributed by atoms with Gasteiger partial charge < -0.3 is 14.5 Å². The first kappa shape index (κ1) is 18.8. The highest BCUT2D eigenvalue weighted by atomic mass is 32.2. The van der Waals surface area contributed by atoms with Gasteiger partial charge in [-0.1, -0.05) is 18.2 Å². The molecule has 148 valence electrons. The maximum absolute atomic E-state index is 13.1. The van der Waals surface area contributed by atoms with E-state index in [0.29, 0.717) is 17.1 Å². The Bertz CT molecular complexity index is 1190. The zero-order chi connectivity index (χ0) is 20.3. The van der Waals surface area contributed by atoms with Crippen LogP contribution in [-0.4, -0.2) is 29.7 Å². The Labute approximate surface area is 167 Å². The Kier molecular flexibility index (Phi) is 5.05. The monoisotopic (exact) mass is 410 g/mol. The normalized spacial score (nSPS) is 11.3. The van der Waals surface area contributed by atoms with E-state index in [1.54, 1.807) is 68.0 Å². The minimum Gasteiger partial charge on any atom is -0.497 e. The molecule has 0 aliphatic carbocycles. The van der Waals surface area contributed by atoms with Crippen LogP contribution in [0, 0.1) is 0 Å². The van der Waals surface area contributed by atoms with Crippen LogP contribution in [0.15, 0.2) is 82.3 Å². The van der Waals surface area contributed by atoms with Gasteiger partial charge in [-0.25, -0.2) is 0 Å². The van der Waals surface area contributed by atoms with Crippen LogP contribution >= 0.6 is 0 Å². The van der Waals surface area contributed by atoms with Crippen LogP contribution in [0.25, 0.3) is 11.4 Å². The van der Waals surface area contributed by atoms with Crippen LogP contribution < -0.4 is 10.1 Å². The zero-order valence-electron chi connectivity index (χ0n) is 15.5. The van der Waals surface area contributed by atoms with Gasteiger partial charge in [0.15, 0.2) is 5.82 Å². The molecule has 0 unspecified atom stereocenters. The first-order valence-electron chi connectivity index (χ1n) is 8.76. The maximum Gasteiger partial charge on any atom is 0.286 e. The summed E-state index contributed by atoms with van der Waals surface area (Å²) < 4.78 is 37.6. The number of benzene rings is 2. The number of methoxy groups -OCH3 is 1. The van der Waals surface area contributed by atoms with Crippen molar-refractivity contribution >= 4 is 16.0 Å². The van der Waals surface area contributed by atoms with Gasteiger partial charge >= 0.3 is 0 Å². The number of ether oxygens (including phenoxy) is 1. The summed E-state index contributed by atoms with van der Waals surface area (Å²) in [6, 6.07) is 18.7. The Balaban J connectivity index is 1.75. The second kappa shape index (κ2) is 7.80. The van der Waals surface area contributed by atoms with Gasteiger partial charge in [0.2, 0.25) is 5.95 Å². The quantitative estimate of drug-likeness (QED) is 0.498. The van der Waals surface area contributed by atoms with Crippen molar-refractivity contribution in [3.8, 4) is 17.1 Å². The fraction of sp³-hybridized carbons (Fsp3) is 0.100. The first-order valence-corrected chi connectivity index (χ1v) is 10.2. The van der Waals surface area contributed by atoms with E-state index in [4.69, 9.17) is 9.15 Å². The Morgan fingerprint density at radius 1 is 1.03 bits per heavy atom. The average Bonchev–Trinajstić information content (AvgIpc) is 3.43. The number of nitrogens with zero attached hydrogens (tertiary/aromatic N) is 3. The maximum atomic E-state index is 13.1. The van der Waals surface area contributed by atoms with E-state index < -0.39 is 10.0 Å². The van der Waals surface area contributed by atoms with Crippen molar-refractivity contribution < 1.29 is 17.6 Å². The molecular formula is C20H18N4O4S. The second-order valence-electron chi connectivity index (χ2n) is 6.08. The molecule has 0 radical (unpaired) electrons. The summed E-state index contributed by atoms with van der Waals surface area (Å²) in [6.45, 7) is 0.262. The van der Waals surface area contributed by atoms with E-state index in [9.17, 15) is 8.42 Å². The molecule has 0 saturated heterocycles. The molecule has 9 heteroatoms. The Morgan fingerprint density at radius 2 is 1.79 bits per heavy atom. The van der Waals surface area contributed by atoms with Crippen LogP contribution in [0.4, 0.5) is 5.95 Å². The molecule has 1 N–H and O–H groups in total. The molecule has 4 rings (SSSR count). The number of anilines is 1. The molecule has 0 aliphatic heterocycles. The molecule has 0 bridgehead atoms. The van der Waals surface area contributed by atoms with E-state index in [2.05, 4.69) is 15.4 Å². The summed E-state index contributed by atoms with van der Waals surface area (Å²) in [6.07, 6.45) is 1.55. The van der Waals surface area contributed by atoms with Crippen molar-refractivity contribution in [1.82, 2.24) is 14.2 Å². The molecule has 2 aromatic carbocycles. The van der Waals surface area contributed by atoms with Crippen LogP contribution in [0.3, 0.4) is 0 Å². The zero-order valence-corrected chi connectivity index (χ0v) is 16.3. The van der Waals surface area contributed by atoms with Crippen molar-refractivity contribution in [3.05, 3.63) is 78.8 Å². The molecular weight excluding hydrogens is 392 g/mol. The van der Waals surface area contributed by atoms with Crippen molar-refractivity contribution in [2.45, 2.75) is 11.4 Å². The summed E-state index contributed by atoms with van der Waals surface area (Å²) in [5, 5.41) is 7.26. The Morgan fingerprint density at radius 3 is 2.45 bits per heavy atom. The number of nitrogens with one attached hydrogen (secondary N) is 1. The van der Waals surface area contributed by atoms with Crippen LogP contribution in [0.2, 0.25) is 0 Å². The smallest absolute Gasteiger partial charge is 0.286 e. The summed E-state index contributed by atoms with van der Waals surface area (Å²) in [7, 11) is -2.36. The highest BCUT2D eigenvalue weighted by molar-refractivity contribution is 7.90. The van der Waals surface area contributed by atoms with Gasteiger partial charge in [0, 0.05) is 5.56 Å². The Hall–Kier alpha value is -3.59. The van der Waals surface area contributed by atoms with Gasteiger partial charge in [-0.15, -0.1) is 9.19 Å². The van der Waals surface area contributed by atoms with Gasteiger partial charge in [0.25, 0.3) is 10.0 Å². The van der Waals surface area contributed by atoms with E-state index in [0.717, 1.165) is 4.09 Å². The number of furan rings is 1. The van der Waals surface area contributed by atoms with E-state index in [-0.39, 0.29) is 23.2 Å². The second-order valence-corrected chi connectivity index (χ2v) is 7.85. The fourth-order valence-corrected chi connectivity index (χ4v) is 3.93. The highest BCUT2D eigenvalue weighted by Crippen LogP contribution is 2.24. The fourth-order valence-electron chi connectivity index (χ4n) is 2.71. The summed E-state index contributed by atoms with van der Waals surface area (Å²) in [5.41, 5.74) is 0.661. The predicted molar refractivity (Wildman–Crippen MR) is 107 cm³/mol. The number of hydrogen-bond acceptors (Lipinski definition) is 7. The van der Waals surface area contributed by atoms with Crippen molar-refractivity contribution in [2.75, 3.05) is 12.4 Å². The lowest BCUT2D eigenvalue weighted by atomic mass is 10.2. The lowest BCUT2D eigenvalue weighted by Crippen LogP contribution is -2.18. The summed E-state index contributed by atoms with van der Waals surface area (Å²) in [4.78, 5) is 4.52. The third kappa shape index (κ3) is 3.85. The third-order valence-electron chi connectivity index (χ3n) is 4.20. The predicted octanol–water partition coefficient (Wildman–Crippen LogP) is 3.40. The largest absolute Gasteiger partial charge is 0.497 e. The van der Waals surface area contributed by atoms with Gasteiger partial charge in [0.05, 0.1) is 24.8 Å². The van der Waals surface area contributed by atoms with E-state index in [1.807, 2.05) is 0 Å². The minimum absolute atomic E-state index is 0.0936. The van der Waals surface area contributed by atoms with Gasteiger partial charge in [-0.3, -0.25) is 0 Å². The molecule has 0 atom stereocenters. The summed E-state index contributed by atoms with van der Waals surface area (Å²) >= 11 is 0. The topological polar surface area (TPSA) is 99.2 Å². The molecule has 2 aromatic heterocycles. The number of hydrogen-bond donors (Lipinski definition) is 1. The first-order chi connectivity index (χ1) is 14.1. The lowest BCUT2D eigenvalue weighted by Gasteiger charge is -2.08. The third-order valence-corrected chi connectivity index (χ3v) is 5.77. The van der Waals surface area contributed by atoms with Crippen LogP contribution in [-0.2, 0) is 16.6 Å². The molecule has 0 fully saturated rings. The number of rotatable bonds is 7. The molecule has 0 spiro atoms. The lowest BCUT2D eigenvalue weighted by molar-refractivity contribution is 0.415. The molecule has 2 heterocycles. The van der Waals surface area contributed by atoms with Crippen molar-refractivity contribution in [2.24, 2.45) is 0 Å². The van der Waals surface area contributed by atoms with Crippen molar-refractivity contribution in [3.63, 3.8) is 0 Å². The van der Waals surface area contributed by atoms with Crippen LogP contribution in [0.1, 0.15) is 5.76 Å².